The molecule has 0 saturated carbocycles. The molecule has 5 nitrogen and oxygen atoms in total. The van der Waals surface area contributed by atoms with Crippen LogP contribution in [0.2, 0.25) is 0 Å². The van der Waals surface area contributed by atoms with Crippen molar-refractivity contribution in [3.05, 3.63) is 103 Å². The number of rotatable bonds is 5. The molecule has 0 amide bonds. The molecular formula is C25H19N5. The third-order valence-corrected chi connectivity index (χ3v) is 5.00. The van der Waals surface area contributed by atoms with Gasteiger partial charge in [0.25, 0.3) is 0 Å². The second kappa shape index (κ2) is 8.09. The summed E-state index contributed by atoms with van der Waals surface area (Å²) in [5, 5.41) is 4.42. The lowest BCUT2D eigenvalue weighted by atomic mass is 10.0. The van der Waals surface area contributed by atoms with E-state index in [0.29, 0.717) is 6.54 Å². The standard InChI is InChI=1S/C25H19N5/c1-2-4-19(5-3-1)21-7-8-22-24(14-21)29-17-30-25(22)28-16-18-6-9-23(27-15-18)20-10-12-26-13-11-20/h1-15,17H,16H2,(H,28,29,30). The fraction of sp³-hybridized carbons (Fsp3) is 0.0400. The first-order chi connectivity index (χ1) is 14.9. The third kappa shape index (κ3) is 3.73. The van der Waals surface area contributed by atoms with Crippen LogP contribution in [0.15, 0.2) is 97.7 Å². The Kier molecular flexibility index (Phi) is 4.84. The monoisotopic (exact) mass is 389 g/mol. The Balaban J connectivity index is 1.35. The van der Waals surface area contributed by atoms with Crippen molar-refractivity contribution in [2.75, 3.05) is 5.32 Å². The molecule has 144 valence electrons. The highest BCUT2D eigenvalue weighted by atomic mass is 15.0. The van der Waals surface area contributed by atoms with Gasteiger partial charge in [-0.05, 0) is 47.0 Å². The predicted octanol–water partition coefficient (Wildman–Crippen LogP) is 5.37. The highest BCUT2D eigenvalue weighted by molar-refractivity contribution is 5.91. The molecule has 5 heteroatoms. The summed E-state index contributed by atoms with van der Waals surface area (Å²) in [5.74, 6) is 0.817. The minimum atomic E-state index is 0.635. The van der Waals surface area contributed by atoms with E-state index in [9.17, 15) is 0 Å². The summed E-state index contributed by atoms with van der Waals surface area (Å²) >= 11 is 0. The molecule has 0 unspecified atom stereocenters. The molecule has 0 aliphatic carbocycles. The molecule has 0 atom stereocenters. The summed E-state index contributed by atoms with van der Waals surface area (Å²) in [6.45, 7) is 0.635. The maximum atomic E-state index is 4.57. The lowest BCUT2D eigenvalue weighted by Crippen LogP contribution is -2.03. The molecule has 0 spiro atoms. The first kappa shape index (κ1) is 17.9. The fourth-order valence-corrected chi connectivity index (χ4v) is 3.42. The van der Waals surface area contributed by atoms with Crippen LogP contribution in [0.5, 0.6) is 0 Å². The van der Waals surface area contributed by atoms with Gasteiger partial charge in [0.05, 0.1) is 11.2 Å². The van der Waals surface area contributed by atoms with E-state index in [2.05, 4.69) is 61.7 Å². The van der Waals surface area contributed by atoms with Gasteiger partial charge in [-0.15, -0.1) is 0 Å². The number of hydrogen-bond donors (Lipinski definition) is 1. The van der Waals surface area contributed by atoms with E-state index in [1.54, 1.807) is 18.7 Å². The van der Waals surface area contributed by atoms with E-state index in [1.807, 2.05) is 42.6 Å². The van der Waals surface area contributed by atoms with E-state index < -0.39 is 0 Å². The van der Waals surface area contributed by atoms with Crippen LogP contribution in [0.3, 0.4) is 0 Å². The largest absolute Gasteiger partial charge is 0.365 e. The van der Waals surface area contributed by atoms with Crippen LogP contribution in [-0.2, 0) is 6.54 Å². The van der Waals surface area contributed by atoms with Gasteiger partial charge in [-0.3, -0.25) is 9.97 Å². The number of pyridine rings is 2. The van der Waals surface area contributed by atoms with Crippen LogP contribution in [0.4, 0.5) is 5.82 Å². The number of nitrogens with zero attached hydrogens (tertiary/aromatic N) is 4. The lowest BCUT2D eigenvalue weighted by Gasteiger charge is -2.10. The van der Waals surface area contributed by atoms with Crippen molar-refractivity contribution in [3.8, 4) is 22.4 Å². The summed E-state index contributed by atoms with van der Waals surface area (Å²) in [6, 6.07) is 24.6. The zero-order valence-electron chi connectivity index (χ0n) is 16.2. The van der Waals surface area contributed by atoms with Crippen molar-refractivity contribution < 1.29 is 0 Å². The number of fused-ring (bicyclic) bond motifs is 1. The van der Waals surface area contributed by atoms with Gasteiger partial charge in [-0.1, -0.05) is 42.5 Å². The van der Waals surface area contributed by atoms with E-state index in [4.69, 9.17) is 0 Å². The van der Waals surface area contributed by atoms with Crippen molar-refractivity contribution in [3.63, 3.8) is 0 Å². The normalized spacial score (nSPS) is 10.8. The molecule has 3 heterocycles. The molecule has 0 aliphatic rings. The number of nitrogens with one attached hydrogen (secondary N) is 1. The highest BCUT2D eigenvalue weighted by Gasteiger charge is 2.06. The fourth-order valence-electron chi connectivity index (χ4n) is 3.42. The minimum Gasteiger partial charge on any atom is -0.365 e. The molecule has 0 radical (unpaired) electrons. The Labute approximate surface area is 174 Å². The van der Waals surface area contributed by atoms with Crippen LogP contribution < -0.4 is 5.32 Å². The molecule has 0 saturated heterocycles. The quantitative estimate of drug-likeness (QED) is 0.438. The molecular weight excluding hydrogens is 370 g/mol. The average Bonchev–Trinajstić information content (AvgIpc) is 2.84. The Morgan fingerprint density at radius 3 is 2.37 bits per heavy atom. The first-order valence-electron chi connectivity index (χ1n) is 9.76. The van der Waals surface area contributed by atoms with Crippen molar-refractivity contribution >= 4 is 16.7 Å². The van der Waals surface area contributed by atoms with Gasteiger partial charge in [0.1, 0.15) is 12.1 Å². The van der Waals surface area contributed by atoms with E-state index in [-0.39, 0.29) is 0 Å². The maximum absolute atomic E-state index is 4.57. The Morgan fingerprint density at radius 1 is 0.700 bits per heavy atom. The Morgan fingerprint density at radius 2 is 1.57 bits per heavy atom. The van der Waals surface area contributed by atoms with E-state index in [0.717, 1.165) is 39.1 Å². The number of benzene rings is 2. The Hall–Kier alpha value is -4.12. The molecule has 5 rings (SSSR count). The molecule has 2 aromatic carbocycles. The van der Waals surface area contributed by atoms with Crippen molar-refractivity contribution in [1.29, 1.82) is 0 Å². The second-order valence-corrected chi connectivity index (χ2v) is 6.96. The summed E-state index contributed by atoms with van der Waals surface area (Å²) in [6.07, 6.45) is 7.04. The van der Waals surface area contributed by atoms with Gasteiger partial charge < -0.3 is 5.32 Å². The average molecular weight is 389 g/mol. The van der Waals surface area contributed by atoms with E-state index >= 15 is 0 Å². The maximum Gasteiger partial charge on any atom is 0.137 e. The molecule has 0 aliphatic heterocycles. The van der Waals surface area contributed by atoms with Crippen LogP contribution in [0.25, 0.3) is 33.3 Å². The minimum absolute atomic E-state index is 0.635. The zero-order chi connectivity index (χ0) is 20.2. The SMILES string of the molecule is c1ccc(-c2ccc3c(NCc4ccc(-c5ccncc5)nc4)ncnc3c2)cc1. The first-order valence-corrected chi connectivity index (χ1v) is 9.76. The number of anilines is 1. The van der Waals surface area contributed by atoms with Crippen LogP contribution in [-0.4, -0.2) is 19.9 Å². The number of hydrogen-bond acceptors (Lipinski definition) is 5. The van der Waals surface area contributed by atoms with Crippen molar-refractivity contribution in [2.45, 2.75) is 6.54 Å². The topological polar surface area (TPSA) is 63.6 Å². The van der Waals surface area contributed by atoms with Crippen molar-refractivity contribution in [2.24, 2.45) is 0 Å². The zero-order valence-corrected chi connectivity index (χ0v) is 16.2. The van der Waals surface area contributed by atoms with Gasteiger partial charge in [0, 0.05) is 36.1 Å². The van der Waals surface area contributed by atoms with Crippen LogP contribution in [0.1, 0.15) is 5.56 Å². The van der Waals surface area contributed by atoms with Crippen LogP contribution >= 0.6 is 0 Å². The Bertz CT molecular complexity index is 1270. The van der Waals surface area contributed by atoms with Crippen molar-refractivity contribution in [1.82, 2.24) is 19.9 Å². The molecule has 30 heavy (non-hydrogen) atoms. The second-order valence-electron chi connectivity index (χ2n) is 6.96. The van der Waals surface area contributed by atoms with Gasteiger partial charge in [0.2, 0.25) is 0 Å². The summed E-state index contributed by atoms with van der Waals surface area (Å²) in [7, 11) is 0. The van der Waals surface area contributed by atoms with Gasteiger partial charge in [-0.25, -0.2) is 9.97 Å². The van der Waals surface area contributed by atoms with Gasteiger partial charge >= 0.3 is 0 Å². The highest BCUT2D eigenvalue weighted by Crippen LogP contribution is 2.26. The third-order valence-electron chi connectivity index (χ3n) is 5.00. The number of aromatic nitrogens is 4. The molecule has 0 fully saturated rings. The smallest absolute Gasteiger partial charge is 0.137 e. The summed E-state index contributed by atoms with van der Waals surface area (Å²) in [4.78, 5) is 17.5. The molecule has 3 aromatic heterocycles. The predicted molar refractivity (Wildman–Crippen MR) is 120 cm³/mol. The summed E-state index contributed by atoms with van der Waals surface area (Å²) in [5.41, 5.74) is 6.31. The van der Waals surface area contributed by atoms with Gasteiger partial charge in [-0.2, -0.15) is 0 Å². The summed E-state index contributed by atoms with van der Waals surface area (Å²) < 4.78 is 0. The molecule has 0 bridgehead atoms. The lowest BCUT2D eigenvalue weighted by molar-refractivity contribution is 1.08. The van der Waals surface area contributed by atoms with Crippen LogP contribution in [0, 0.1) is 0 Å². The molecule has 1 N–H and O–H groups in total. The van der Waals surface area contributed by atoms with Gasteiger partial charge in [0.15, 0.2) is 0 Å². The van der Waals surface area contributed by atoms with E-state index in [1.165, 1.54) is 5.56 Å². The molecule has 5 aromatic rings.